The van der Waals surface area contributed by atoms with Crippen LogP contribution in [-0.2, 0) is 4.74 Å². The maximum absolute atomic E-state index is 5.78. The van der Waals surface area contributed by atoms with Crippen LogP contribution >= 0.6 is 0 Å². The van der Waals surface area contributed by atoms with Crippen LogP contribution < -0.4 is 5.73 Å². The molecule has 2 unspecified atom stereocenters. The third-order valence-corrected chi connectivity index (χ3v) is 2.73. The Balaban J connectivity index is 2.64. The predicted molar refractivity (Wildman–Crippen MR) is 50.9 cm³/mol. The first-order chi connectivity index (χ1) is 5.54. The summed E-state index contributed by atoms with van der Waals surface area (Å²) in [5.74, 6) is 0.535. The minimum absolute atomic E-state index is 0.0232. The van der Waals surface area contributed by atoms with Crippen LogP contribution in [0.25, 0.3) is 0 Å². The zero-order valence-corrected chi connectivity index (χ0v) is 8.21. The van der Waals surface area contributed by atoms with Gasteiger partial charge in [-0.2, -0.15) is 0 Å². The van der Waals surface area contributed by atoms with Gasteiger partial charge in [0.15, 0.2) is 0 Å². The van der Waals surface area contributed by atoms with Crippen molar-refractivity contribution in [3.8, 4) is 0 Å². The molecule has 0 saturated carbocycles. The van der Waals surface area contributed by atoms with Crippen LogP contribution in [0.3, 0.4) is 0 Å². The van der Waals surface area contributed by atoms with E-state index in [1.165, 1.54) is 0 Å². The van der Waals surface area contributed by atoms with Crippen molar-refractivity contribution in [2.45, 2.75) is 38.8 Å². The topological polar surface area (TPSA) is 35.2 Å². The third kappa shape index (κ3) is 2.08. The summed E-state index contributed by atoms with van der Waals surface area (Å²) in [5, 5.41) is 0. The second kappa shape index (κ2) is 3.58. The molecule has 0 fully saturated rings. The summed E-state index contributed by atoms with van der Waals surface area (Å²) in [6, 6.07) is 0.0746. The van der Waals surface area contributed by atoms with Gasteiger partial charge in [-0.25, -0.2) is 0 Å². The standard InChI is InChI=1S/C10H19NO/c1-8(2)10(3)6-4-5-9(11)7-12-10/h4-5,8-9H,6-7,11H2,1-3H3. The van der Waals surface area contributed by atoms with Gasteiger partial charge in [0.2, 0.25) is 0 Å². The first-order valence-electron chi connectivity index (χ1n) is 4.61. The van der Waals surface area contributed by atoms with E-state index < -0.39 is 0 Å². The Morgan fingerprint density at radius 2 is 2.25 bits per heavy atom. The van der Waals surface area contributed by atoms with E-state index >= 15 is 0 Å². The molecule has 2 heteroatoms. The van der Waals surface area contributed by atoms with Gasteiger partial charge in [-0.3, -0.25) is 0 Å². The van der Waals surface area contributed by atoms with E-state index in [1.807, 2.05) is 6.08 Å². The van der Waals surface area contributed by atoms with Crippen molar-refractivity contribution >= 4 is 0 Å². The average Bonchev–Trinajstić information content (AvgIpc) is 2.15. The minimum Gasteiger partial charge on any atom is -0.373 e. The summed E-state index contributed by atoms with van der Waals surface area (Å²) in [5.41, 5.74) is 5.72. The van der Waals surface area contributed by atoms with Crippen LogP contribution in [0.5, 0.6) is 0 Å². The van der Waals surface area contributed by atoms with Crippen molar-refractivity contribution in [2.75, 3.05) is 6.61 Å². The molecule has 2 nitrogen and oxygen atoms in total. The summed E-state index contributed by atoms with van der Waals surface area (Å²) >= 11 is 0. The molecule has 1 heterocycles. The van der Waals surface area contributed by atoms with Crippen LogP contribution in [0, 0.1) is 5.92 Å². The zero-order chi connectivity index (χ0) is 9.19. The van der Waals surface area contributed by atoms with Crippen molar-refractivity contribution in [3.05, 3.63) is 12.2 Å². The maximum atomic E-state index is 5.78. The Hall–Kier alpha value is -0.340. The number of rotatable bonds is 1. The molecule has 0 saturated heterocycles. The van der Waals surface area contributed by atoms with E-state index in [2.05, 4.69) is 26.8 Å². The van der Waals surface area contributed by atoms with Gasteiger partial charge in [0, 0.05) is 6.04 Å². The zero-order valence-electron chi connectivity index (χ0n) is 8.21. The second-order valence-electron chi connectivity index (χ2n) is 4.07. The lowest BCUT2D eigenvalue weighted by Crippen LogP contribution is -2.36. The van der Waals surface area contributed by atoms with E-state index in [9.17, 15) is 0 Å². The summed E-state index contributed by atoms with van der Waals surface area (Å²) in [6.07, 6.45) is 5.14. The van der Waals surface area contributed by atoms with E-state index in [-0.39, 0.29) is 11.6 Å². The van der Waals surface area contributed by atoms with Crippen molar-refractivity contribution in [1.82, 2.24) is 0 Å². The van der Waals surface area contributed by atoms with E-state index in [4.69, 9.17) is 10.5 Å². The first-order valence-corrected chi connectivity index (χ1v) is 4.61. The summed E-state index contributed by atoms with van der Waals surface area (Å²) in [7, 11) is 0. The molecule has 0 aliphatic carbocycles. The number of ether oxygens (including phenoxy) is 1. The molecular formula is C10H19NO. The van der Waals surface area contributed by atoms with Crippen molar-refractivity contribution in [1.29, 1.82) is 0 Å². The lowest BCUT2D eigenvalue weighted by molar-refractivity contribution is -0.0604. The van der Waals surface area contributed by atoms with Crippen molar-refractivity contribution in [2.24, 2.45) is 11.7 Å². The van der Waals surface area contributed by atoms with E-state index in [0.29, 0.717) is 12.5 Å². The van der Waals surface area contributed by atoms with Crippen LogP contribution in [0.2, 0.25) is 0 Å². The van der Waals surface area contributed by atoms with Crippen LogP contribution in [-0.4, -0.2) is 18.2 Å². The lowest BCUT2D eigenvalue weighted by Gasteiger charge is -2.32. The highest BCUT2D eigenvalue weighted by Gasteiger charge is 2.29. The van der Waals surface area contributed by atoms with Gasteiger partial charge in [-0.15, -0.1) is 0 Å². The van der Waals surface area contributed by atoms with Crippen LogP contribution in [0.4, 0.5) is 0 Å². The molecule has 2 atom stereocenters. The van der Waals surface area contributed by atoms with Gasteiger partial charge in [0.1, 0.15) is 0 Å². The summed E-state index contributed by atoms with van der Waals surface area (Å²) in [4.78, 5) is 0. The monoisotopic (exact) mass is 169 g/mol. The second-order valence-corrected chi connectivity index (χ2v) is 4.07. The molecule has 0 radical (unpaired) electrons. The third-order valence-electron chi connectivity index (χ3n) is 2.73. The Morgan fingerprint density at radius 1 is 1.58 bits per heavy atom. The fraction of sp³-hybridized carbons (Fsp3) is 0.800. The number of hydrogen-bond donors (Lipinski definition) is 1. The average molecular weight is 169 g/mol. The molecule has 1 aliphatic heterocycles. The van der Waals surface area contributed by atoms with Gasteiger partial charge in [-0.05, 0) is 19.3 Å². The summed E-state index contributed by atoms with van der Waals surface area (Å²) < 4.78 is 5.78. The minimum atomic E-state index is -0.0232. The molecule has 2 N–H and O–H groups in total. The molecular weight excluding hydrogens is 150 g/mol. The highest BCUT2D eigenvalue weighted by molar-refractivity contribution is 5.00. The predicted octanol–water partition coefficient (Wildman–Crippen LogP) is 1.70. The molecule has 0 aromatic rings. The SMILES string of the molecule is CC(C)C1(C)CC=CC(N)CO1. The molecule has 0 aromatic carbocycles. The van der Waals surface area contributed by atoms with Crippen LogP contribution in [0.1, 0.15) is 27.2 Å². The molecule has 70 valence electrons. The number of hydrogen-bond acceptors (Lipinski definition) is 2. The van der Waals surface area contributed by atoms with Crippen LogP contribution in [0.15, 0.2) is 12.2 Å². The lowest BCUT2D eigenvalue weighted by atomic mass is 9.89. The normalized spacial score (nSPS) is 36.9. The quantitative estimate of drug-likeness (QED) is 0.606. The van der Waals surface area contributed by atoms with Gasteiger partial charge in [0.05, 0.1) is 12.2 Å². The van der Waals surface area contributed by atoms with Gasteiger partial charge >= 0.3 is 0 Å². The van der Waals surface area contributed by atoms with E-state index in [1.54, 1.807) is 0 Å². The molecule has 12 heavy (non-hydrogen) atoms. The highest BCUT2D eigenvalue weighted by Crippen LogP contribution is 2.27. The fourth-order valence-corrected chi connectivity index (χ4v) is 1.28. The van der Waals surface area contributed by atoms with Crippen molar-refractivity contribution < 1.29 is 4.74 Å². The highest BCUT2D eigenvalue weighted by atomic mass is 16.5. The molecule has 0 aromatic heterocycles. The van der Waals surface area contributed by atoms with Crippen molar-refractivity contribution in [3.63, 3.8) is 0 Å². The van der Waals surface area contributed by atoms with Gasteiger partial charge < -0.3 is 10.5 Å². The first kappa shape index (κ1) is 9.75. The Kier molecular flexibility index (Phi) is 2.91. The molecule has 1 aliphatic rings. The Bertz CT molecular complexity index is 177. The maximum Gasteiger partial charge on any atom is 0.0712 e. The molecule has 0 amide bonds. The van der Waals surface area contributed by atoms with E-state index in [0.717, 1.165) is 6.42 Å². The smallest absolute Gasteiger partial charge is 0.0712 e. The Morgan fingerprint density at radius 3 is 2.83 bits per heavy atom. The summed E-state index contributed by atoms with van der Waals surface area (Å²) in [6.45, 7) is 7.17. The largest absolute Gasteiger partial charge is 0.373 e. The molecule has 0 spiro atoms. The van der Waals surface area contributed by atoms with Gasteiger partial charge in [-0.1, -0.05) is 26.0 Å². The molecule has 0 bridgehead atoms. The Labute approximate surface area is 74.8 Å². The van der Waals surface area contributed by atoms with Gasteiger partial charge in [0.25, 0.3) is 0 Å². The number of nitrogens with two attached hydrogens (primary N) is 1. The molecule has 1 rings (SSSR count). The fourth-order valence-electron chi connectivity index (χ4n) is 1.28.